The highest BCUT2D eigenvalue weighted by molar-refractivity contribution is 5.32. The number of hydrogen-bond donors (Lipinski definition) is 1. The van der Waals surface area contributed by atoms with Gasteiger partial charge in [-0.2, -0.15) is 0 Å². The van der Waals surface area contributed by atoms with Crippen LogP contribution in [0.3, 0.4) is 0 Å². The molecule has 1 aliphatic heterocycles. The summed E-state index contributed by atoms with van der Waals surface area (Å²) in [6.45, 7) is 2.44. The molecule has 0 aromatic heterocycles. The second-order valence-corrected chi connectivity index (χ2v) is 5.05. The molecular formula is C14H19N. The van der Waals surface area contributed by atoms with Crippen LogP contribution < -0.4 is 5.32 Å². The molecule has 0 spiro atoms. The summed E-state index contributed by atoms with van der Waals surface area (Å²) in [5.74, 6) is 0.932. The standard InChI is InChI=1S/C14H19N/c1-2-4-12(5-3-1)14(8-9-14)13-6-10-15-11-7-13/h1-5,13,15H,6-11H2. The molecule has 1 heterocycles. The van der Waals surface area contributed by atoms with Crippen molar-refractivity contribution in [2.75, 3.05) is 13.1 Å². The number of hydrogen-bond acceptors (Lipinski definition) is 1. The Morgan fingerprint density at radius 2 is 1.67 bits per heavy atom. The molecular weight excluding hydrogens is 182 g/mol. The molecule has 1 saturated heterocycles. The average Bonchev–Trinajstić information content (AvgIpc) is 3.13. The smallest absolute Gasteiger partial charge is 0.00172 e. The molecule has 2 fully saturated rings. The SMILES string of the molecule is c1ccc(C2(C3CCNCC3)CC2)cc1. The van der Waals surface area contributed by atoms with Crippen molar-refractivity contribution in [2.45, 2.75) is 31.1 Å². The van der Waals surface area contributed by atoms with Gasteiger partial charge in [0, 0.05) is 0 Å². The molecule has 0 unspecified atom stereocenters. The van der Waals surface area contributed by atoms with E-state index < -0.39 is 0 Å². The first kappa shape index (κ1) is 9.41. The van der Waals surface area contributed by atoms with Crippen LogP contribution >= 0.6 is 0 Å². The highest BCUT2D eigenvalue weighted by atomic mass is 14.9. The minimum absolute atomic E-state index is 0.573. The summed E-state index contributed by atoms with van der Waals surface area (Å²) >= 11 is 0. The van der Waals surface area contributed by atoms with Gasteiger partial charge >= 0.3 is 0 Å². The molecule has 1 aliphatic carbocycles. The molecule has 1 saturated carbocycles. The summed E-state index contributed by atoms with van der Waals surface area (Å²) in [6.07, 6.45) is 5.58. The Morgan fingerprint density at radius 3 is 2.27 bits per heavy atom. The Labute approximate surface area is 91.9 Å². The van der Waals surface area contributed by atoms with Crippen molar-refractivity contribution in [3.8, 4) is 0 Å². The van der Waals surface area contributed by atoms with Crippen molar-refractivity contribution in [3.63, 3.8) is 0 Å². The highest BCUT2D eigenvalue weighted by Crippen LogP contribution is 2.56. The van der Waals surface area contributed by atoms with Crippen molar-refractivity contribution in [2.24, 2.45) is 5.92 Å². The zero-order valence-electron chi connectivity index (χ0n) is 9.21. The Morgan fingerprint density at radius 1 is 1.00 bits per heavy atom. The van der Waals surface area contributed by atoms with E-state index in [4.69, 9.17) is 0 Å². The number of piperidine rings is 1. The van der Waals surface area contributed by atoms with Crippen molar-refractivity contribution in [1.29, 1.82) is 0 Å². The lowest BCUT2D eigenvalue weighted by molar-refractivity contribution is 0.303. The minimum Gasteiger partial charge on any atom is -0.317 e. The van der Waals surface area contributed by atoms with Crippen LogP contribution in [0.2, 0.25) is 0 Å². The maximum atomic E-state index is 3.47. The molecule has 2 aliphatic rings. The Kier molecular flexibility index (Phi) is 2.28. The Bertz CT molecular complexity index is 320. The van der Waals surface area contributed by atoms with E-state index in [0.29, 0.717) is 5.41 Å². The van der Waals surface area contributed by atoms with Gasteiger partial charge in [-0.15, -0.1) is 0 Å². The van der Waals surface area contributed by atoms with Gasteiger partial charge in [-0.25, -0.2) is 0 Å². The monoisotopic (exact) mass is 201 g/mol. The van der Waals surface area contributed by atoms with E-state index in [2.05, 4.69) is 35.6 Å². The van der Waals surface area contributed by atoms with Crippen LogP contribution in [0.4, 0.5) is 0 Å². The summed E-state index contributed by atoms with van der Waals surface area (Å²) in [5, 5.41) is 3.47. The predicted octanol–water partition coefficient (Wildman–Crippen LogP) is 2.72. The van der Waals surface area contributed by atoms with E-state index in [1.807, 2.05) is 0 Å². The molecule has 1 aromatic carbocycles. The topological polar surface area (TPSA) is 12.0 Å². The van der Waals surface area contributed by atoms with E-state index in [1.54, 1.807) is 5.56 Å². The maximum absolute atomic E-state index is 3.47. The van der Waals surface area contributed by atoms with E-state index in [-0.39, 0.29) is 0 Å². The zero-order chi connectivity index (χ0) is 10.1. The van der Waals surface area contributed by atoms with Gasteiger partial charge in [0.15, 0.2) is 0 Å². The summed E-state index contributed by atoms with van der Waals surface area (Å²) in [7, 11) is 0. The van der Waals surface area contributed by atoms with Gasteiger partial charge in [-0.1, -0.05) is 30.3 Å². The first-order chi connectivity index (χ1) is 7.42. The maximum Gasteiger partial charge on any atom is -0.00172 e. The van der Waals surface area contributed by atoms with Crippen molar-refractivity contribution in [1.82, 2.24) is 5.32 Å². The van der Waals surface area contributed by atoms with Gasteiger partial charge in [0.1, 0.15) is 0 Å². The lowest BCUT2D eigenvalue weighted by atomic mass is 9.77. The first-order valence-electron chi connectivity index (χ1n) is 6.18. The van der Waals surface area contributed by atoms with Crippen LogP contribution in [0.5, 0.6) is 0 Å². The molecule has 0 amide bonds. The first-order valence-corrected chi connectivity index (χ1v) is 6.18. The third-order valence-corrected chi connectivity index (χ3v) is 4.26. The van der Waals surface area contributed by atoms with E-state index in [1.165, 1.54) is 38.8 Å². The van der Waals surface area contributed by atoms with Crippen LogP contribution in [0.15, 0.2) is 30.3 Å². The Hall–Kier alpha value is -0.820. The second kappa shape index (κ2) is 3.64. The summed E-state index contributed by atoms with van der Waals surface area (Å²) in [4.78, 5) is 0. The minimum atomic E-state index is 0.573. The largest absolute Gasteiger partial charge is 0.317 e. The molecule has 3 rings (SSSR count). The quantitative estimate of drug-likeness (QED) is 0.775. The van der Waals surface area contributed by atoms with Crippen molar-refractivity contribution in [3.05, 3.63) is 35.9 Å². The fourth-order valence-electron chi connectivity index (χ4n) is 3.21. The van der Waals surface area contributed by atoms with Gasteiger partial charge in [0.2, 0.25) is 0 Å². The molecule has 0 bridgehead atoms. The number of rotatable bonds is 2. The highest BCUT2D eigenvalue weighted by Gasteiger charge is 2.49. The fourth-order valence-corrected chi connectivity index (χ4v) is 3.21. The molecule has 1 heteroatoms. The van der Waals surface area contributed by atoms with E-state index in [0.717, 1.165) is 5.92 Å². The second-order valence-electron chi connectivity index (χ2n) is 5.05. The molecule has 1 N–H and O–H groups in total. The summed E-state index contributed by atoms with van der Waals surface area (Å²) in [5.41, 5.74) is 2.17. The van der Waals surface area contributed by atoms with E-state index in [9.17, 15) is 0 Å². The third-order valence-electron chi connectivity index (χ3n) is 4.26. The van der Waals surface area contributed by atoms with Gasteiger partial charge in [-0.05, 0) is 55.7 Å². The van der Waals surface area contributed by atoms with E-state index >= 15 is 0 Å². The molecule has 1 nitrogen and oxygen atoms in total. The van der Waals surface area contributed by atoms with Crippen LogP contribution in [-0.2, 0) is 5.41 Å². The van der Waals surface area contributed by atoms with Crippen LogP contribution in [0.1, 0.15) is 31.2 Å². The summed E-state index contributed by atoms with van der Waals surface area (Å²) in [6, 6.07) is 11.2. The molecule has 80 valence electrons. The summed E-state index contributed by atoms with van der Waals surface area (Å²) < 4.78 is 0. The number of nitrogens with one attached hydrogen (secondary N) is 1. The van der Waals surface area contributed by atoms with Crippen molar-refractivity contribution >= 4 is 0 Å². The lowest BCUT2D eigenvalue weighted by Crippen LogP contribution is -2.34. The van der Waals surface area contributed by atoms with Gasteiger partial charge < -0.3 is 5.32 Å². The predicted molar refractivity (Wildman–Crippen MR) is 62.9 cm³/mol. The van der Waals surface area contributed by atoms with Crippen LogP contribution in [0.25, 0.3) is 0 Å². The van der Waals surface area contributed by atoms with Crippen LogP contribution in [0, 0.1) is 5.92 Å². The Balaban J connectivity index is 1.84. The van der Waals surface area contributed by atoms with Crippen molar-refractivity contribution < 1.29 is 0 Å². The molecule has 0 radical (unpaired) electrons. The fraction of sp³-hybridized carbons (Fsp3) is 0.571. The average molecular weight is 201 g/mol. The normalized spacial score (nSPS) is 25.1. The number of benzene rings is 1. The zero-order valence-corrected chi connectivity index (χ0v) is 9.21. The van der Waals surface area contributed by atoms with Crippen LogP contribution in [-0.4, -0.2) is 13.1 Å². The third kappa shape index (κ3) is 1.59. The van der Waals surface area contributed by atoms with Gasteiger partial charge in [-0.3, -0.25) is 0 Å². The molecule has 1 aromatic rings. The molecule has 15 heavy (non-hydrogen) atoms. The molecule has 0 atom stereocenters. The lowest BCUT2D eigenvalue weighted by Gasteiger charge is -2.31. The van der Waals surface area contributed by atoms with Gasteiger partial charge in [0.25, 0.3) is 0 Å². The van der Waals surface area contributed by atoms with Gasteiger partial charge in [0.05, 0.1) is 0 Å².